The van der Waals surface area contributed by atoms with E-state index in [-0.39, 0.29) is 18.2 Å². The Kier molecular flexibility index (Phi) is 4.14. The van der Waals surface area contributed by atoms with Crippen molar-refractivity contribution in [2.75, 3.05) is 10.6 Å². The van der Waals surface area contributed by atoms with Crippen molar-refractivity contribution in [2.45, 2.75) is 13.3 Å². The number of aromatic nitrogens is 2. The van der Waals surface area contributed by atoms with Gasteiger partial charge in [-0.25, -0.2) is 9.97 Å². The lowest BCUT2D eigenvalue weighted by Gasteiger charge is -2.03. The predicted octanol–water partition coefficient (Wildman–Crippen LogP) is 0.950. The molecule has 84 valence electrons. The zero-order valence-corrected chi connectivity index (χ0v) is 8.86. The third-order valence-electron chi connectivity index (χ3n) is 1.55. The summed E-state index contributed by atoms with van der Waals surface area (Å²) in [7, 11) is 0. The molecule has 1 rings (SSSR count). The molecule has 0 radical (unpaired) electrons. The van der Waals surface area contributed by atoms with Crippen LogP contribution in [0.4, 0.5) is 11.6 Å². The van der Waals surface area contributed by atoms with Crippen molar-refractivity contribution in [3.8, 4) is 0 Å². The maximum atomic E-state index is 11.2. The van der Waals surface area contributed by atoms with E-state index in [2.05, 4.69) is 27.2 Å². The molecule has 0 saturated heterocycles. The van der Waals surface area contributed by atoms with Gasteiger partial charge in [-0.1, -0.05) is 6.08 Å². The summed E-state index contributed by atoms with van der Waals surface area (Å²) in [6, 6.07) is 0. The number of carbonyl (C=O) groups is 2. The normalized spacial score (nSPS) is 9.31. The molecule has 0 unspecified atom stereocenters. The summed E-state index contributed by atoms with van der Waals surface area (Å²) in [5.41, 5.74) is 0. The number of nitrogens with zero attached hydrogens (tertiary/aromatic N) is 2. The minimum absolute atomic E-state index is 0.212. The molecule has 1 aromatic rings. The van der Waals surface area contributed by atoms with E-state index in [1.807, 2.05) is 0 Å². The lowest BCUT2D eigenvalue weighted by Crippen LogP contribution is -2.12. The van der Waals surface area contributed by atoms with Gasteiger partial charge in [0.2, 0.25) is 11.8 Å². The van der Waals surface area contributed by atoms with Crippen LogP contribution in [-0.2, 0) is 9.59 Å². The first kappa shape index (κ1) is 11.8. The van der Waals surface area contributed by atoms with Crippen LogP contribution in [-0.4, -0.2) is 21.8 Å². The Morgan fingerprint density at radius 2 is 1.88 bits per heavy atom. The second-order valence-electron chi connectivity index (χ2n) is 3.01. The third-order valence-corrected chi connectivity index (χ3v) is 1.55. The summed E-state index contributed by atoms with van der Waals surface area (Å²) in [6.07, 6.45) is 4.45. The number of anilines is 2. The minimum atomic E-state index is -0.224. The van der Waals surface area contributed by atoms with Gasteiger partial charge in [0, 0.05) is 13.3 Å². The van der Waals surface area contributed by atoms with Crippen LogP contribution in [0, 0.1) is 0 Å². The highest BCUT2D eigenvalue weighted by Gasteiger charge is 2.02. The molecular formula is C10H12N4O2. The van der Waals surface area contributed by atoms with Crippen LogP contribution < -0.4 is 10.6 Å². The zero-order valence-electron chi connectivity index (χ0n) is 8.86. The van der Waals surface area contributed by atoms with Crippen LogP contribution in [0.5, 0.6) is 0 Å². The molecule has 0 aliphatic carbocycles. The first-order valence-corrected chi connectivity index (χ1v) is 4.62. The SMILES string of the molecule is C=CCC(=O)Nc1cnc(NC(C)=O)cn1. The van der Waals surface area contributed by atoms with Gasteiger partial charge in [0.1, 0.15) is 0 Å². The Morgan fingerprint density at radius 1 is 1.31 bits per heavy atom. The second kappa shape index (κ2) is 5.59. The molecule has 6 heteroatoms. The molecule has 0 fully saturated rings. The Bertz CT molecular complexity index is 400. The maximum absolute atomic E-state index is 11.2. The van der Waals surface area contributed by atoms with Gasteiger partial charge in [-0.3, -0.25) is 9.59 Å². The van der Waals surface area contributed by atoms with Crippen molar-refractivity contribution in [1.82, 2.24) is 9.97 Å². The van der Waals surface area contributed by atoms with Crippen LogP contribution in [0.15, 0.2) is 25.0 Å². The molecule has 2 N–H and O–H groups in total. The Morgan fingerprint density at radius 3 is 2.31 bits per heavy atom. The number of hydrogen-bond acceptors (Lipinski definition) is 4. The van der Waals surface area contributed by atoms with E-state index in [9.17, 15) is 9.59 Å². The highest BCUT2D eigenvalue weighted by molar-refractivity contribution is 5.91. The maximum Gasteiger partial charge on any atom is 0.229 e. The zero-order chi connectivity index (χ0) is 12.0. The highest BCUT2D eigenvalue weighted by Crippen LogP contribution is 2.05. The van der Waals surface area contributed by atoms with Gasteiger partial charge in [0.25, 0.3) is 0 Å². The first-order chi connectivity index (χ1) is 7.61. The lowest BCUT2D eigenvalue weighted by molar-refractivity contribution is -0.115. The molecule has 16 heavy (non-hydrogen) atoms. The van der Waals surface area contributed by atoms with Crippen molar-refractivity contribution >= 4 is 23.5 Å². The molecule has 6 nitrogen and oxygen atoms in total. The number of rotatable bonds is 4. The first-order valence-electron chi connectivity index (χ1n) is 4.62. The summed E-state index contributed by atoms with van der Waals surface area (Å²) < 4.78 is 0. The molecular weight excluding hydrogens is 208 g/mol. The standard InChI is InChI=1S/C10H12N4O2/c1-3-4-10(16)14-9-6-11-8(5-12-9)13-7(2)15/h3,5-6H,1,4H2,2H3,(H,11,13,15)(H,12,14,16). The Hall–Kier alpha value is -2.24. The molecule has 0 spiro atoms. The summed E-state index contributed by atoms with van der Waals surface area (Å²) in [6.45, 7) is 4.82. The topological polar surface area (TPSA) is 84.0 Å². The van der Waals surface area contributed by atoms with Crippen LogP contribution in [0.2, 0.25) is 0 Å². The van der Waals surface area contributed by atoms with Crippen molar-refractivity contribution in [3.05, 3.63) is 25.0 Å². The Labute approximate surface area is 92.8 Å². The minimum Gasteiger partial charge on any atom is -0.310 e. The summed E-state index contributed by atoms with van der Waals surface area (Å²) in [5.74, 6) is 0.240. The van der Waals surface area contributed by atoms with Gasteiger partial charge in [-0.15, -0.1) is 6.58 Å². The lowest BCUT2D eigenvalue weighted by atomic mass is 10.4. The predicted molar refractivity (Wildman–Crippen MR) is 59.8 cm³/mol. The van der Waals surface area contributed by atoms with E-state index in [4.69, 9.17) is 0 Å². The van der Waals surface area contributed by atoms with Crippen LogP contribution in [0.25, 0.3) is 0 Å². The molecule has 2 amide bonds. The van der Waals surface area contributed by atoms with Crippen molar-refractivity contribution < 1.29 is 9.59 Å². The fourth-order valence-electron chi connectivity index (χ4n) is 0.962. The van der Waals surface area contributed by atoms with Crippen LogP contribution >= 0.6 is 0 Å². The molecule has 0 atom stereocenters. The summed E-state index contributed by atoms with van der Waals surface area (Å²) >= 11 is 0. The van der Waals surface area contributed by atoms with E-state index >= 15 is 0 Å². The summed E-state index contributed by atoms with van der Waals surface area (Å²) in [5, 5.41) is 5.00. The second-order valence-corrected chi connectivity index (χ2v) is 3.01. The largest absolute Gasteiger partial charge is 0.310 e. The van der Waals surface area contributed by atoms with Crippen molar-refractivity contribution in [2.24, 2.45) is 0 Å². The average Bonchev–Trinajstić information content (AvgIpc) is 2.20. The van der Waals surface area contributed by atoms with Gasteiger partial charge >= 0.3 is 0 Å². The van der Waals surface area contributed by atoms with E-state index in [1.165, 1.54) is 25.4 Å². The smallest absolute Gasteiger partial charge is 0.229 e. The van der Waals surface area contributed by atoms with Gasteiger partial charge in [0.05, 0.1) is 12.4 Å². The van der Waals surface area contributed by atoms with Crippen molar-refractivity contribution in [3.63, 3.8) is 0 Å². The Balaban J connectivity index is 2.60. The van der Waals surface area contributed by atoms with E-state index in [0.717, 1.165) is 0 Å². The summed E-state index contributed by atoms with van der Waals surface area (Å²) in [4.78, 5) is 29.7. The van der Waals surface area contributed by atoms with E-state index in [0.29, 0.717) is 11.6 Å². The van der Waals surface area contributed by atoms with Crippen molar-refractivity contribution in [1.29, 1.82) is 0 Å². The number of hydrogen-bond donors (Lipinski definition) is 2. The molecule has 1 aromatic heterocycles. The van der Waals surface area contributed by atoms with Crippen LogP contribution in [0.3, 0.4) is 0 Å². The van der Waals surface area contributed by atoms with Gasteiger partial charge in [0.15, 0.2) is 11.6 Å². The fourth-order valence-corrected chi connectivity index (χ4v) is 0.962. The van der Waals surface area contributed by atoms with Gasteiger partial charge in [-0.05, 0) is 0 Å². The fraction of sp³-hybridized carbons (Fsp3) is 0.200. The molecule has 0 saturated carbocycles. The molecule has 0 bridgehead atoms. The quantitative estimate of drug-likeness (QED) is 0.740. The van der Waals surface area contributed by atoms with Crippen LogP contribution in [0.1, 0.15) is 13.3 Å². The number of nitrogens with one attached hydrogen (secondary N) is 2. The average molecular weight is 220 g/mol. The molecule has 0 aliphatic heterocycles. The molecule has 0 aliphatic rings. The van der Waals surface area contributed by atoms with Gasteiger partial charge < -0.3 is 10.6 Å². The monoisotopic (exact) mass is 220 g/mol. The van der Waals surface area contributed by atoms with E-state index < -0.39 is 0 Å². The van der Waals surface area contributed by atoms with Gasteiger partial charge in [-0.2, -0.15) is 0 Å². The highest BCUT2D eigenvalue weighted by atomic mass is 16.2. The molecule has 1 heterocycles. The third kappa shape index (κ3) is 3.87. The van der Waals surface area contributed by atoms with E-state index in [1.54, 1.807) is 0 Å². The number of amides is 2. The number of carbonyl (C=O) groups excluding carboxylic acids is 2. The molecule has 0 aromatic carbocycles.